The van der Waals surface area contributed by atoms with E-state index in [1.165, 1.54) is 5.56 Å². The van der Waals surface area contributed by atoms with Gasteiger partial charge >= 0.3 is 0 Å². The Morgan fingerprint density at radius 3 is 2.78 bits per heavy atom. The number of aliphatic hydroxyl groups is 1. The molecule has 1 saturated heterocycles. The van der Waals surface area contributed by atoms with Crippen LogP contribution in [0.3, 0.4) is 0 Å². The van der Waals surface area contributed by atoms with E-state index in [9.17, 15) is 5.11 Å². The first-order chi connectivity index (χ1) is 11.0. The molecule has 4 nitrogen and oxygen atoms in total. The van der Waals surface area contributed by atoms with E-state index in [0.717, 1.165) is 36.5 Å². The fourth-order valence-electron chi connectivity index (χ4n) is 2.97. The Labute approximate surface area is 137 Å². The molecule has 0 bridgehead atoms. The zero-order chi connectivity index (χ0) is 16.3. The Balaban J connectivity index is 1.55. The number of rotatable bonds is 5. The Bertz CT molecular complexity index is 657. The van der Waals surface area contributed by atoms with Gasteiger partial charge in [0.25, 0.3) is 0 Å². The molecular formula is C19H24N2O2. The number of β-amino-alcohol motifs (C(OH)–C–C–N with tert-alkyl or cyclic N) is 1. The molecule has 2 heterocycles. The second kappa shape index (κ2) is 6.69. The van der Waals surface area contributed by atoms with Gasteiger partial charge in [-0.05, 0) is 43.5 Å². The summed E-state index contributed by atoms with van der Waals surface area (Å²) in [7, 11) is 0. The summed E-state index contributed by atoms with van der Waals surface area (Å²) in [4.78, 5) is 6.59. The summed E-state index contributed by atoms with van der Waals surface area (Å²) in [5.41, 5.74) is 2.52. The van der Waals surface area contributed by atoms with Crippen LogP contribution in [0.25, 0.3) is 0 Å². The van der Waals surface area contributed by atoms with Crippen molar-refractivity contribution in [1.82, 2.24) is 9.88 Å². The lowest BCUT2D eigenvalue weighted by Gasteiger charge is -2.24. The van der Waals surface area contributed by atoms with Crippen LogP contribution in [0.4, 0.5) is 0 Å². The number of benzene rings is 1. The maximum atomic E-state index is 10.8. The summed E-state index contributed by atoms with van der Waals surface area (Å²) < 4.78 is 5.85. The average molecular weight is 312 g/mol. The van der Waals surface area contributed by atoms with Crippen LogP contribution >= 0.6 is 0 Å². The van der Waals surface area contributed by atoms with Gasteiger partial charge < -0.3 is 9.84 Å². The highest BCUT2D eigenvalue weighted by atomic mass is 16.5. The SMILES string of the molecule is Cc1ccc(CN2CC[C@@](O)(COc3ccccc3C)C2)cn1. The minimum absolute atomic E-state index is 0.334. The molecule has 0 amide bonds. The van der Waals surface area contributed by atoms with Crippen molar-refractivity contribution < 1.29 is 9.84 Å². The van der Waals surface area contributed by atoms with Crippen LogP contribution in [-0.2, 0) is 6.54 Å². The predicted octanol–water partition coefficient (Wildman–Crippen LogP) is 2.71. The van der Waals surface area contributed by atoms with Crippen LogP contribution in [0.2, 0.25) is 0 Å². The quantitative estimate of drug-likeness (QED) is 0.922. The number of hydrogen-bond acceptors (Lipinski definition) is 4. The average Bonchev–Trinajstić information content (AvgIpc) is 2.90. The van der Waals surface area contributed by atoms with E-state index in [2.05, 4.69) is 16.0 Å². The number of para-hydroxylation sites is 1. The molecule has 0 radical (unpaired) electrons. The number of hydrogen-bond donors (Lipinski definition) is 1. The van der Waals surface area contributed by atoms with E-state index < -0.39 is 5.60 Å². The van der Waals surface area contributed by atoms with Gasteiger partial charge in [-0.2, -0.15) is 0 Å². The highest BCUT2D eigenvalue weighted by Crippen LogP contribution is 2.25. The Hall–Kier alpha value is -1.91. The molecule has 3 rings (SSSR count). The number of aromatic nitrogens is 1. The van der Waals surface area contributed by atoms with Gasteiger partial charge in [0.1, 0.15) is 18.0 Å². The summed E-state index contributed by atoms with van der Waals surface area (Å²) in [6.45, 7) is 6.67. The number of likely N-dealkylation sites (tertiary alicyclic amines) is 1. The summed E-state index contributed by atoms with van der Waals surface area (Å²) in [6.07, 6.45) is 2.65. The maximum absolute atomic E-state index is 10.8. The largest absolute Gasteiger partial charge is 0.490 e. The third kappa shape index (κ3) is 4.09. The van der Waals surface area contributed by atoms with Gasteiger partial charge in [0.2, 0.25) is 0 Å². The highest BCUT2D eigenvalue weighted by molar-refractivity contribution is 5.31. The molecule has 1 aliphatic rings. The van der Waals surface area contributed by atoms with E-state index in [4.69, 9.17) is 4.74 Å². The van der Waals surface area contributed by atoms with Crippen molar-refractivity contribution in [1.29, 1.82) is 0 Å². The van der Waals surface area contributed by atoms with Crippen molar-refractivity contribution >= 4 is 0 Å². The molecule has 1 fully saturated rings. The summed E-state index contributed by atoms with van der Waals surface area (Å²) in [5, 5.41) is 10.8. The van der Waals surface area contributed by atoms with Gasteiger partial charge in [0.15, 0.2) is 0 Å². The van der Waals surface area contributed by atoms with Crippen LogP contribution < -0.4 is 4.74 Å². The van der Waals surface area contributed by atoms with Crippen LogP contribution in [0, 0.1) is 13.8 Å². The Kier molecular flexibility index (Phi) is 4.64. The van der Waals surface area contributed by atoms with Gasteiger partial charge in [-0.3, -0.25) is 9.88 Å². The molecule has 0 aliphatic carbocycles. The second-order valence-corrected chi connectivity index (χ2v) is 6.55. The van der Waals surface area contributed by atoms with Crippen molar-refractivity contribution in [3.63, 3.8) is 0 Å². The molecule has 1 N–H and O–H groups in total. The van der Waals surface area contributed by atoms with E-state index in [0.29, 0.717) is 13.2 Å². The van der Waals surface area contributed by atoms with E-state index in [1.807, 2.05) is 50.4 Å². The number of aryl methyl sites for hydroxylation is 2. The zero-order valence-corrected chi connectivity index (χ0v) is 13.8. The first kappa shape index (κ1) is 16.0. The lowest BCUT2D eigenvalue weighted by molar-refractivity contribution is 0.00319. The molecule has 122 valence electrons. The second-order valence-electron chi connectivity index (χ2n) is 6.55. The van der Waals surface area contributed by atoms with Crippen molar-refractivity contribution in [3.05, 3.63) is 59.4 Å². The smallest absolute Gasteiger partial charge is 0.122 e. The highest BCUT2D eigenvalue weighted by Gasteiger charge is 2.36. The molecular weight excluding hydrogens is 288 g/mol. The predicted molar refractivity (Wildman–Crippen MR) is 90.5 cm³/mol. The maximum Gasteiger partial charge on any atom is 0.122 e. The molecule has 1 aliphatic heterocycles. The minimum Gasteiger partial charge on any atom is -0.490 e. The van der Waals surface area contributed by atoms with Crippen LogP contribution in [0.5, 0.6) is 5.75 Å². The number of nitrogens with zero attached hydrogens (tertiary/aromatic N) is 2. The Morgan fingerprint density at radius 1 is 1.22 bits per heavy atom. The van der Waals surface area contributed by atoms with Gasteiger partial charge in [-0.15, -0.1) is 0 Å². The summed E-state index contributed by atoms with van der Waals surface area (Å²) in [5.74, 6) is 0.849. The fourth-order valence-corrected chi connectivity index (χ4v) is 2.97. The molecule has 0 spiro atoms. The number of pyridine rings is 1. The fraction of sp³-hybridized carbons (Fsp3) is 0.421. The number of ether oxygens (including phenoxy) is 1. The standard InChI is InChI=1S/C19H24N2O2/c1-15-5-3-4-6-18(15)23-14-19(22)9-10-21(13-19)12-17-8-7-16(2)20-11-17/h3-8,11,22H,9-10,12-14H2,1-2H3/t19-/m0/s1. The van der Waals surface area contributed by atoms with E-state index >= 15 is 0 Å². The molecule has 0 unspecified atom stereocenters. The molecule has 23 heavy (non-hydrogen) atoms. The van der Waals surface area contributed by atoms with Crippen molar-refractivity contribution in [2.45, 2.75) is 32.4 Å². The summed E-state index contributed by atoms with van der Waals surface area (Å²) >= 11 is 0. The van der Waals surface area contributed by atoms with Crippen molar-refractivity contribution in [3.8, 4) is 5.75 Å². The topological polar surface area (TPSA) is 45.6 Å². The molecule has 2 aromatic rings. The van der Waals surface area contributed by atoms with Crippen molar-refractivity contribution in [2.24, 2.45) is 0 Å². The van der Waals surface area contributed by atoms with Crippen molar-refractivity contribution in [2.75, 3.05) is 19.7 Å². The molecule has 0 saturated carbocycles. The molecule has 1 atom stereocenters. The first-order valence-corrected chi connectivity index (χ1v) is 8.09. The van der Waals surface area contributed by atoms with Gasteiger partial charge in [-0.25, -0.2) is 0 Å². The van der Waals surface area contributed by atoms with E-state index in [-0.39, 0.29) is 0 Å². The molecule has 1 aromatic carbocycles. The first-order valence-electron chi connectivity index (χ1n) is 8.09. The monoisotopic (exact) mass is 312 g/mol. The molecule has 4 heteroatoms. The zero-order valence-electron chi connectivity index (χ0n) is 13.8. The van der Waals surface area contributed by atoms with Gasteiger partial charge in [-0.1, -0.05) is 24.3 Å². The van der Waals surface area contributed by atoms with Crippen LogP contribution in [0.15, 0.2) is 42.6 Å². The Morgan fingerprint density at radius 2 is 2.04 bits per heavy atom. The minimum atomic E-state index is -0.777. The van der Waals surface area contributed by atoms with Crippen LogP contribution in [0.1, 0.15) is 23.2 Å². The third-order valence-electron chi connectivity index (χ3n) is 4.38. The lowest BCUT2D eigenvalue weighted by atomic mass is 10.1. The van der Waals surface area contributed by atoms with Gasteiger partial charge in [0.05, 0.1) is 0 Å². The van der Waals surface area contributed by atoms with E-state index in [1.54, 1.807) is 0 Å². The molecule has 1 aromatic heterocycles. The summed E-state index contributed by atoms with van der Waals surface area (Å²) in [6, 6.07) is 12.0. The van der Waals surface area contributed by atoms with Crippen LogP contribution in [-0.4, -0.2) is 40.3 Å². The van der Waals surface area contributed by atoms with Gasteiger partial charge in [0, 0.05) is 31.5 Å². The normalized spacial score (nSPS) is 21.5. The lowest BCUT2D eigenvalue weighted by Crippen LogP contribution is -2.39. The third-order valence-corrected chi connectivity index (χ3v) is 4.38.